The minimum absolute atomic E-state index is 0.220. The predicted octanol–water partition coefficient (Wildman–Crippen LogP) is 1.92. The van der Waals surface area contributed by atoms with Crippen LogP contribution in [0.15, 0.2) is 45.9 Å². The second-order valence-electron chi connectivity index (χ2n) is 3.99. The van der Waals surface area contributed by atoms with Crippen LogP contribution in [0.3, 0.4) is 0 Å². The fourth-order valence-electron chi connectivity index (χ4n) is 1.87. The van der Waals surface area contributed by atoms with Gasteiger partial charge in [0.25, 0.3) is 5.91 Å². The number of nitrogens with one attached hydrogen (secondary N) is 1. The summed E-state index contributed by atoms with van der Waals surface area (Å²) in [5, 5.41) is 6.92. The summed E-state index contributed by atoms with van der Waals surface area (Å²) in [6.45, 7) is 1.20. The zero-order valence-electron chi connectivity index (χ0n) is 9.91. The van der Waals surface area contributed by atoms with Crippen molar-refractivity contribution in [3.8, 4) is 0 Å². The molecule has 3 aromatic rings. The minimum atomic E-state index is -0.220. The number of nitrogens with zero attached hydrogens (tertiary/aromatic N) is 3. The number of aromatic nitrogens is 3. The number of rotatable bonds is 4. The Hall–Kier alpha value is -2.02. The normalized spacial score (nSPS) is 11.0. The van der Waals surface area contributed by atoms with E-state index < -0.39 is 0 Å². The molecule has 1 amide bonds. The molecule has 0 bridgehead atoms. The fourth-order valence-corrected chi connectivity index (χ4v) is 2.18. The van der Waals surface area contributed by atoms with E-state index in [0.717, 1.165) is 5.65 Å². The number of amides is 1. The number of halogens is 1. The van der Waals surface area contributed by atoms with Crippen LogP contribution in [0.2, 0.25) is 0 Å². The molecule has 0 saturated carbocycles. The lowest BCUT2D eigenvalue weighted by atomic mass is 10.4. The summed E-state index contributed by atoms with van der Waals surface area (Å²) < 4.78 is 9.52. The Morgan fingerprint density at radius 2 is 2.26 bits per heavy atom. The fraction of sp³-hybridized carbons (Fsp3) is 0.167. The summed E-state index contributed by atoms with van der Waals surface area (Å²) in [6.07, 6.45) is 5.55. The second-order valence-corrected chi connectivity index (χ2v) is 4.77. The molecular weight excluding hydrogens is 312 g/mol. The Labute approximate surface area is 117 Å². The third kappa shape index (κ3) is 2.41. The Kier molecular flexibility index (Phi) is 3.12. The van der Waals surface area contributed by atoms with Gasteiger partial charge >= 0.3 is 0 Å². The van der Waals surface area contributed by atoms with Gasteiger partial charge in [0.2, 0.25) is 0 Å². The van der Waals surface area contributed by atoms with E-state index in [1.165, 1.54) is 0 Å². The zero-order valence-corrected chi connectivity index (χ0v) is 11.5. The van der Waals surface area contributed by atoms with Gasteiger partial charge in [-0.2, -0.15) is 5.10 Å². The first-order valence-corrected chi connectivity index (χ1v) is 6.55. The highest BCUT2D eigenvalue weighted by molar-refractivity contribution is 9.10. The Morgan fingerprint density at radius 1 is 1.37 bits per heavy atom. The van der Waals surface area contributed by atoms with Gasteiger partial charge in [0.1, 0.15) is 5.65 Å². The quantitative estimate of drug-likeness (QED) is 0.798. The van der Waals surface area contributed by atoms with Gasteiger partial charge in [-0.15, -0.1) is 0 Å². The SMILES string of the molecule is O=C(NCCn1ccn2nccc12)c1ccc(Br)o1. The standard InChI is InChI=1S/C12H11BrN4O2/c13-10-2-1-9(19-10)12(18)14-5-6-16-7-8-17-11(16)3-4-15-17/h1-4,7-8H,5-6H2,(H,14,18). The van der Waals surface area contributed by atoms with Crippen molar-refractivity contribution in [2.45, 2.75) is 6.54 Å². The molecule has 0 aliphatic rings. The lowest BCUT2D eigenvalue weighted by Crippen LogP contribution is -2.26. The largest absolute Gasteiger partial charge is 0.444 e. The van der Waals surface area contributed by atoms with Crippen LogP contribution < -0.4 is 5.32 Å². The lowest BCUT2D eigenvalue weighted by Gasteiger charge is -2.04. The van der Waals surface area contributed by atoms with E-state index in [-0.39, 0.29) is 5.91 Å². The first kappa shape index (κ1) is 12.0. The van der Waals surface area contributed by atoms with E-state index in [1.54, 1.807) is 22.8 Å². The molecule has 3 aromatic heterocycles. The molecule has 0 aliphatic carbocycles. The number of carbonyl (C=O) groups is 1. The van der Waals surface area contributed by atoms with Crippen LogP contribution in [-0.4, -0.2) is 26.6 Å². The molecule has 0 aromatic carbocycles. The van der Waals surface area contributed by atoms with Crippen molar-refractivity contribution in [3.05, 3.63) is 47.2 Å². The zero-order chi connectivity index (χ0) is 13.2. The van der Waals surface area contributed by atoms with Crippen LogP contribution >= 0.6 is 15.9 Å². The molecule has 6 nitrogen and oxygen atoms in total. The van der Waals surface area contributed by atoms with E-state index in [4.69, 9.17) is 4.42 Å². The topological polar surface area (TPSA) is 64.5 Å². The number of carbonyl (C=O) groups excluding carboxylic acids is 1. The van der Waals surface area contributed by atoms with E-state index in [1.807, 2.05) is 23.0 Å². The summed E-state index contributed by atoms with van der Waals surface area (Å²) in [5.41, 5.74) is 0.995. The van der Waals surface area contributed by atoms with Gasteiger partial charge < -0.3 is 14.3 Å². The van der Waals surface area contributed by atoms with E-state index in [2.05, 4.69) is 26.3 Å². The molecule has 1 N–H and O–H groups in total. The van der Waals surface area contributed by atoms with Crippen LogP contribution in [0.5, 0.6) is 0 Å². The molecule has 0 saturated heterocycles. The Balaban J connectivity index is 1.59. The highest BCUT2D eigenvalue weighted by Gasteiger charge is 2.09. The molecule has 19 heavy (non-hydrogen) atoms. The number of hydrogen-bond acceptors (Lipinski definition) is 3. The third-order valence-corrected chi connectivity index (χ3v) is 3.19. The van der Waals surface area contributed by atoms with Gasteiger partial charge in [0.15, 0.2) is 10.4 Å². The molecule has 0 radical (unpaired) electrons. The number of furan rings is 1. The molecule has 7 heteroatoms. The molecule has 0 atom stereocenters. The van der Waals surface area contributed by atoms with E-state index in [0.29, 0.717) is 23.5 Å². The molecule has 98 valence electrons. The highest BCUT2D eigenvalue weighted by atomic mass is 79.9. The molecule has 0 aliphatic heterocycles. The van der Waals surface area contributed by atoms with Crippen molar-refractivity contribution in [3.63, 3.8) is 0 Å². The number of hydrogen-bond donors (Lipinski definition) is 1. The van der Waals surface area contributed by atoms with Crippen molar-refractivity contribution in [2.75, 3.05) is 6.54 Å². The van der Waals surface area contributed by atoms with Crippen molar-refractivity contribution < 1.29 is 9.21 Å². The van der Waals surface area contributed by atoms with Crippen LogP contribution in [0.25, 0.3) is 5.65 Å². The van der Waals surface area contributed by atoms with Crippen molar-refractivity contribution >= 4 is 27.5 Å². The first-order chi connectivity index (χ1) is 9.24. The summed E-state index contributed by atoms with van der Waals surface area (Å²) in [7, 11) is 0. The number of fused-ring (bicyclic) bond motifs is 1. The van der Waals surface area contributed by atoms with Crippen molar-refractivity contribution in [2.24, 2.45) is 0 Å². The molecule has 0 fully saturated rings. The van der Waals surface area contributed by atoms with Gasteiger partial charge in [-0.25, -0.2) is 4.52 Å². The maximum absolute atomic E-state index is 11.7. The lowest BCUT2D eigenvalue weighted by molar-refractivity contribution is 0.0923. The predicted molar refractivity (Wildman–Crippen MR) is 71.9 cm³/mol. The van der Waals surface area contributed by atoms with Crippen LogP contribution in [0.1, 0.15) is 10.6 Å². The van der Waals surface area contributed by atoms with Crippen LogP contribution in [0, 0.1) is 0 Å². The van der Waals surface area contributed by atoms with Crippen molar-refractivity contribution in [1.82, 2.24) is 19.5 Å². The second kappa shape index (κ2) is 4.93. The average Bonchev–Trinajstić information content (AvgIpc) is 3.06. The van der Waals surface area contributed by atoms with E-state index in [9.17, 15) is 4.79 Å². The third-order valence-electron chi connectivity index (χ3n) is 2.77. The minimum Gasteiger partial charge on any atom is -0.444 e. The van der Waals surface area contributed by atoms with Crippen LogP contribution in [0.4, 0.5) is 0 Å². The Morgan fingerprint density at radius 3 is 3.05 bits per heavy atom. The summed E-state index contributed by atoms with van der Waals surface area (Å²) in [6, 6.07) is 5.24. The van der Waals surface area contributed by atoms with Crippen molar-refractivity contribution in [1.29, 1.82) is 0 Å². The Bertz CT molecular complexity index is 712. The average molecular weight is 323 g/mol. The van der Waals surface area contributed by atoms with Gasteiger partial charge in [-0.3, -0.25) is 4.79 Å². The molecule has 3 rings (SSSR count). The maximum atomic E-state index is 11.7. The number of imidazole rings is 1. The first-order valence-electron chi connectivity index (χ1n) is 5.76. The maximum Gasteiger partial charge on any atom is 0.287 e. The van der Waals surface area contributed by atoms with Crippen LogP contribution in [-0.2, 0) is 6.54 Å². The molecule has 3 heterocycles. The van der Waals surface area contributed by atoms with Gasteiger partial charge in [0, 0.05) is 31.5 Å². The highest BCUT2D eigenvalue weighted by Crippen LogP contribution is 2.13. The van der Waals surface area contributed by atoms with Gasteiger partial charge in [-0.05, 0) is 28.1 Å². The summed E-state index contributed by atoms with van der Waals surface area (Å²) in [5.74, 6) is 0.0799. The molecule has 0 spiro atoms. The smallest absolute Gasteiger partial charge is 0.287 e. The van der Waals surface area contributed by atoms with Gasteiger partial charge in [0.05, 0.1) is 6.20 Å². The van der Waals surface area contributed by atoms with Gasteiger partial charge in [-0.1, -0.05) is 0 Å². The summed E-state index contributed by atoms with van der Waals surface area (Å²) >= 11 is 3.16. The monoisotopic (exact) mass is 322 g/mol. The molecule has 0 unspecified atom stereocenters. The molecular formula is C12H11BrN4O2. The summed E-state index contributed by atoms with van der Waals surface area (Å²) in [4.78, 5) is 11.7. The van der Waals surface area contributed by atoms with E-state index >= 15 is 0 Å².